The van der Waals surface area contributed by atoms with E-state index in [-0.39, 0.29) is 0 Å². The van der Waals surface area contributed by atoms with Crippen molar-refractivity contribution in [1.82, 2.24) is 0 Å². The normalized spacial score (nSPS) is 11.5. The van der Waals surface area contributed by atoms with Gasteiger partial charge in [0.05, 0.1) is 5.56 Å². The quantitative estimate of drug-likeness (QED) is 0.868. The number of halogens is 3. The molecule has 1 aromatic carbocycles. The van der Waals surface area contributed by atoms with Gasteiger partial charge in [-0.1, -0.05) is 12.1 Å². The van der Waals surface area contributed by atoms with Crippen molar-refractivity contribution >= 4 is 17.0 Å². The smallest absolute Gasteiger partial charge is 0.385 e. The standard InChI is InChI=1S/C13H12F3NS/c14-13(15,16)10-3-1-4-11(9-10)17-7-6-12-5-2-8-18-12/h1-5,8-9,17H,6-7H2. The van der Waals surface area contributed by atoms with E-state index in [1.165, 1.54) is 10.9 Å². The summed E-state index contributed by atoms with van der Waals surface area (Å²) in [7, 11) is 0. The lowest BCUT2D eigenvalue weighted by Gasteiger charge is -2.10. The zero-order chi connectivity index (χ0) is 13.0. The van der Waals surface area contributed by atoms with E-state index in [0.29, 0.717) is 12.2 Å². The minimum atomic E-state index is -4.29. The summed E-state index contributed by atoms with van der Waals surface area (Å²) in [6.07, 6.45) is -3.47. The zero-order valence-corrected chi connectivity index (χ0v) is 10.3. The second-order valence-electron chi connectivity index (χ2n) is 3.83. The maximum absolute atomic E-state index is 12.5. The summed E-state index contributed by atoms with van der Waals surface area (Å²) >= 11 is 1.65. The molecule has 1 nitrogen and oxygen atoms in total. The highest BCUT2D eigenvalue weighted by Gasteiger charge is 2.30. The van der Waals surface area contributed by atoms with Crippen molar-refractivity contribution in [3.05, 3.63) is 52.2 Å². The Balaban J connectivity index is 1.93. The number of rotatable bonds is 4. The molecule has 0 spiro atoms. The minimum Gasteiger partial charge on any atom is -0.385 e. The van der Waals surface area contributed by atoms with E-state index in [1.54, 1.807) is 17.4 Å². The van der Waals surface area contributed by atoms with E-state index in [4.69, 9.17) is 0 Å². The lowest BCUT2D eigenvalue weighted by atomic mass is 10.2. The Morgan fingerprint density at radius 1 is 1.11 bits per heavy atom. The third-order valence-corrected chi connectivity index (χ3v) is 3.41. The van der Waals surface area contributed by atoms with Gasteiger partial charge < -0.3 is 5.32 Å². The average molecular weight is 271 g/mol. The molecule has 96 valence electrons. The van der Waals surface area contributed by atoms with Crippen LogP contribution in [0.25, 0.3) is 0 Å². The highest BCUT2D eigenvalue weighted by molar-refractivity contribution is 7.09. The van der Waals surface area contributed by atoms with Crippen molar-refractivity contribution in [2.45, 2.75) is 12.6 Å². The van der Waals surface area contributed by atoms with Gasteiger partial charge in [-0.15, -0.1) is 11.3 Å². The van der Waals surface area contributed by atoms with Crippen molar-refractivity contribution in [3.8, 4) is 0 Å². The second-order valence-corrected chi connectivity index (χ2v) is 4.87. The molecule has 0 aliphatic rings. The van der Waals surface area contributed by atoms with Crippen LogP contribution < -0.4 is 5.32 Å². The number of hydrogen-bond acceptors (Lipinski definition) is 2. The third-order valence-electron chi connectivity index (χ3n) is 2.47. The van der Waals surface area contributed by atoms with E-state index in [0.717, 1.165) is 18.6 Å². The van der Waals surface area contributed by atoms with Gasteiger partial charge in [0.15, 0.2) is 0 Å². The van der Waals surface area contributed by atoms with Crippen LogP contribution in [0, 0.1) is 0 Å². The zero-order valence-electron chi connectivity index (χ0n) is 9.50. The predicted octanol–water partition coefficient (Wildman–Crippen LogP) is 4.42. The van der Waals surface area contributed by atoms with Gasteiger partial charge in [0.2, 0.25) is 0 Å². The molecule has 5 heteroatoms. The molecule has 0 fully saturated rings. The highest BCUT2D eigenvalue weighted by atomic mass is 32.1. The highest BCUT2D eigenvalue weighted by Crippen LogP contribution is 2.30. The summed E-state index contributed by atoms with van der Waals surface area (Å²) in [5.41, 5.74) is -0.120. The van der Waals surface area contributed by atoms with Gasteiger partial charge in [0, 0.05) is 17.1 Å². The first-order valence-corrected chi connectivity index (χ1v) is 6.37. The van der Waals surface area contributed by atoms with Crippen LogP contribution in [0.5, 0.6) is 0 Å². The first kappa shape index (κ1) is 13.0. The predicted molar refractivity (Wildman–Crippen MR) is 68.0 cm³/mol. The molecular weight excluding hydrogens is 259 g/mol. The molecule has 1 N–H and O–H groups in total. The monoisotopic (exact) mass is 271 g/mol. The van der Waals surface area contributed by atoms with Crippen LogP contribution in [0.4, 0.5) is 18.9 Å². The summed E-state index contributed by atoms with van der Waals surface area (Å²) in [5.74, 6) is 0. The summed E-state index contributed by atoms with van der Waals surface area (Å²) in [5, 5.41) is 4.99. The largest absolute Gasteiger partial charge is 0.416 e. The summed E-state index contributed by atoms with van der Waals surface area (Å²) in [6.45, 7) is 0.627. The minimum absolute atomic E-state index is 0.501. The van der Waals surface area contributed by atoms with Crippen LogP contribution in [0.15, 0.2) is 41.8 Å². The molecule has 0 radical (unpaired) electrons. The van der Waals surface area contributed by atoms with Gasteiger partial charge in [-0.05, 0) is 36.1 Å². The van der Waals surface area contributed by atoms with Gasteiger partial charge in [0.25, 0.3) is 0 Å². The lowest BCUT2D eigenvalue weighted by molar-refractivity contribution is -0.137. The molecule has 0 saturated heterocycles. The Labute approximate surface area is 107 Å². The van der Waals surface area contributed by atoms with Crippen molar-refractivity contribution in [2.75, 3.05) is 11.9 Å². The van der Waals surface area contributed by atoms with Gasteiger partial charge in [-0.3, -0.25) is 0 Å². The maximum atomic E-state index is 12.5. The van der Waals surface area contributed by atoms with Gasteiger partial charge in [-0.25, -0.2) is 0 Å². The van der Waals surface area contributed by atoms with Crippen molar-refractivity contribution in [1.29, 1.82) is 0 Å². The van der Waals surface area contributed by atoms with Gasteiger partial charge >= 0.3 is 6.18 Å². The number of hydrogen-bond donors (Lipinski definition) is 1. The molecule has 0 bridgehead atoms. The number of benzene rings is 1. The van der Waals surface area contributed by atoms with Crippen LogP contribution >= 0.6 is 11.3 Å². The Morgan fingerprint density at radius 3 is 2.61 bits per heavy atom. The fourth-order valence-electron chi connectivity index (χ4n) is 1.59. The summed E-state index contributed by atoms with van der Waals surface area (Å²) in [4.78, 5) is 1.22. The molecule has 2 aromatic rings. The van der Waals surface area contributed by atoms with E-state index >= 15 is 0 Å². The number of thiophene rings is 1. The lowest BCUT2D eigenvalue weighted by Crippen LogP contribution is -2.08. The van der Waals surface area contributed by atoms with E-state index in [2.05, 4.69) is 5.32 Å². The molecule has 2 rings (SSSR count). The number of alkyl halides is 3. The molecule has 1 heterocycles. The number of anilines is 1. The Hall–Kier alpha value is -1.49. The topological polar surface area (TPSA) is 12.0 Å². The fraction of sp³-hybridized carbons (Fsp3) is 0.231. The average Bonchev–Trinajstić information content (AvgIpc) is 2.81. The number of nitrogens with one attached hydrogen (secondary N) is 1. The van der Waals surface area contributed by atoms with Crippen molar-refractivity contribution < 1.29 is 13.2 Å². The Morgan fingerprint density at radius 2 is 1.94 bits per heavy atom. The maximum Gasteiger partial charge on any atom is 0.416 e. The summed E-state index contributed by atoms with van der Waals surface area (Å²) < 4.78 is 37.5. The van der Waals surface area contributed by atoms with Crippen LogP contribution in [0.3, 0.4) is 0 Å². The van der Waals surface area contributed by atoms with Crippen molar-refractivity contribution in [3.63, 3.8) is 0 Å². The first-order chi connectivity index (χ1) is 8.55. The SMILES string of the molecule is FC(F)(F)c1cccc(NCCc2cccs2)c1. The van der Waals surface area contributed by atoms with Gasteiger partial charge in [-0.2, -0.15) is 13.2 Å². The Bertz CT molecular complexity index is 491. The Kier molecular flexibility index (Phi) is 3.91. The van der Waals surface area contributed by atoms with Crippen LogP contribution in [-0.4, -0.2) is 6.54 Å². The fourth-order valence-corrected chi connectivity index (χ4v) is 2.30. The molecule has 0 amide bonds. The third kappa shape index (κ3) is 3.50. The molecular formula is C13H12F3NS. The van der Waals surface area contributed by atoms with Crippen molar-refractivity contribution in [2.24, 2.45) is 0 Å². The molecule has 0 aliphatic heterocycles. The molecule has 1 aromatic heterocycles. The van der Waals surface area contributed by atoms with Crippen LogP contribution in [0.1, 0.15) is 10.4 Å². The molecule has 0 aliphatic carbocycles. The van der Waals surface area contributed by atoms with Crippen LogP contribution in [-0.2, 0) is 12.6 Å². The molecule has 0 unspecified atom stereocenters. The van der Waals surface area contributed by atoms with Gasteiger partial charge in [0.1, 0.15) is 0 Å². The second kappa shape index (κ2) is 5.44. The summed E-state index contributed by atoms with van der Waals surface area (Å²) in [6, 6.07) is 9.24. The molecule has 0 atom stereocenters. The van der Waals surface area contributed by atoms with E-state index < -0.39 is 11.7 Å². The van der Waals surface area contributed by atoms with E-state index in [1.807, 2.05) is 17.5 Å². The first-order valence-electron chi connectivity index (χ1n) is 5.49. The molecule has 18 heavy (non-hydrogen) atoms. The van der Waals surface area contributed by atoms with E-state index in [9.17, 15) is 13.2 Å². The van der Waals surface area contributed by atoms with Crippen LogP contribution in [0.2, 0.25) is 0 Å². The molecule has 0 saturated carbocycles.